The van der Waals surface area contributed by atoms with Crippen LogP contribution in [0.15, 0.2) is 0 Å². The molecule has 0 aromatic carbocycles. The summed E-state index contributed by atoms with van der Waals surface area (Å²) >= 11 is 0. The number of amides is 1. The fourth-order valence-electron chi connectivity index (χ4n) is 1.17. The molecule has 0 spiro atoms. The lowest BCUT2D eigenvalue weighted by molar-refractivity contribution is -0.138. The maximum Gasteiger partial charge on any atom is 0.305 e. The maximum atomic E-state index is 11.9. The van der Waals surface area contributed by atoms with Crippen LogP contribution >= 0.6 is 0 Å². The van der Waals surface area contributed by atoms with Crippen molar-refractivity contribution >= 4 is 11.9 Å². The molecule has 1 amide bonds. The molecule has 0 aliphatic rings. The first-order valence-electron chi connectivity index (χ1n) is 5.73. The van der Waals surface area contributed by atoms with E-state index in [1.54, 1.807) is 0 Å². The number of carboxylic acid groups (broad SMARTS) is 1. The zero-order chi connectivity index (χ0) is 12.9. The minimum atomic E-state index is -0.881. The molecule has 4 heteroatoms. The molecule has 0 aromatic heterocycles. The van der Waals surface area contributed by atoms with Gasteiger partial charge in [-0.15, -0.1) is 0 Å². The highest BCUT2D eigenvalue weighted by atomic mass is 16.4. The van der Waals surface area contributed by atoms with Crippen LogP contribution in [0.5, 0.6) is 0 Å². The molecule has 0 radical (unpaired) electrons. The van der Waals surface area contributed by atoms with Gasteiger partial charge in [-0.1, -0.05) is 34.6 Å². The van der Waals surface area contributed by atoms with E-state index in [0.717, 1.165) is 6.42 Å². The predicted octanol–water partition coefficient (Wildman–Crippen LogP) is 2.04. The average molecular weight is 229 g/mol. The number of carbonyl (C=O) groups excluding carboxylic acids is 1. The van der Waals surface area contributed by atoms with Crippen molar-refractivity contribution < 1.29 is 14.7 Å². The molecule has 0 rings (SSSR count). The molecule has 16 heavy (non-hydrogen) atoms. The molecule has 1 unspecified atom stereocenters. The lowest BCUT2D eigenvalue weighted by Crippen LogP contribution is -2.45. The Balaban J connectivity index is 4.52. The van der Waals surface area contributed by atoms with Gasteiger partial charge < -0.3 is 10.4 Å². The standard InChI is InChI=1S/C12H23NO3/c1-6-12(4,5)11(16)13-9(8(2)3)7-10(14)15/h8-9H,6-7H2,1-5H3,(H,13,16)(H,14,15). The molecule has 0 saturated heterocycles. The van der Waals surface area contributed by atoms with E-state index in [1.807, 2.05) is 34.6 Å². The molecule has 1 atom stereocenters. The van der Waals surface area contributed by atoms with Crippen molar-refractivity contribution in [1.29, 1.82) is 0 Å². The van der Waals surface area contributed by atoms with Crippen molar-refractivity contribution in [3.63, 3.8) is 0 Å². The normalized spacial score (nSPS) is 13.6. The van der Waals surface area contributed by atoms with Crippen molar-refractivity contribution in [2.45, 2.75) is 53.5 Å². The van der Waals surface area contributed by atoms with Crippen LogP contribution in [-0.2, 0) is 9.59 Å². The Labute approximate surface area is 97.4 Å². The third kappa shape index (κ3) is 4.64. The topological polar surface area (TPSA) is 66.4 Å². The molecule has 0 aliphatic heterocycles. The van der Waals surface area contributed by atoms with E-state index in [2.05, 4.69) is 5.32 Å². The number of rotatable bonds is 6. The monoisotopic (exact) mass is 229 g/mol. The summed E-state index contributed by atoms with van der Waals surface area (Å²) in [6, 6.07) is -0.296. The van der Waals surface area contributed by atoms with Gasteiger partial charge >= 0.3 is 5.97 Å². The summed E-state index contributed by atoms with van der Waals surface area (Å²) in [4.78, 5) is 22.6. The zero-order valence-corrected chi connectivity index (χ0v) is 10.8. The molecular weight excluding hydrogens is 206 g/mol. The van der Waals surface area contributed by atoms with Crippen molar-refractivity contribution in [2.24, 2.45) is 11.3 Å². The Morgan fingerprint density at radius 3 is 2.12 bits per heavy atom. The van der Waals surface area contributed by atoms with E-state index in [4.69, 9.17) is 5.11 Å². The van der Waals surface area contributed by atoms with Gasteiger partial charge in [0.15, 0.2) is 0 Å². The van der Waals surface area contributed by atoms with Crippen LogP contribution in [0.1, 0.15) is 47.5 Å². The lowest BCUT2D eigenvalue weighted by atomic mass is 9.88. The summed E-state index contributed by atoms with van der Waals surface area (Å²) in [6.45, 7) is 9.49. The highest BCUT2D eigenvalue weighted by Gasteiger charge is 2.28. The molecule has 0 saturated carbocycles. The van der Waals surface area contributed by atoms with Crippen LogP contribution in [-0.4, -0.2) is 23.0 Å². The number of carboxylic acids is 1. The summed E-state index contributed by atoms with van der Waals surface area (Å²) in [5.41, 5.74) is -0.439. The number of carbonyl (C=O) groups is 2. The first-order valence-corrected chi connectivity index (χ1v) is 5.73. The third-order valence-electron chi connectivity index (χ3n) is 3.01. The molecule has 2 N–H and O–H groups in total. The van der Waals surface area contributed by atoms with Gasteiger partial charge in [-0.05, 0) is 12.3 Å². The summed E-state index contributed by atoms with van der Waals surface area (Å²) in [6.07, 6.45) is 0.708. The van der Waals surface area contributed by atoms with Gasteiger partial charge in [0.25, 0.3) is 0 Å². The second-order valence-electron chi connectivity index (χ2n) is 5.16. The van der Waals surface area contributed by atoms with Gasteiger partial charge in [-0.25, -0.2) is 0 Å². The number of hydrogen-bond acceptors (Lipinski definition) is 2. The van der Waals surface area contributed by atoms with Crippen LogP contribution in [0.2, 0.25) is 0 Å². The minimum Gasteiger partial charge on any atom is -0.481 e. The Hall–Kier alpha value is -1.06. The second-order valence-corrected chi connectivity index (χ2v) is 5.16. The SMILES string of the molecule is CCC(C)(C)C(=O)NC(CC(=O)O)C(C)C. The summed E-state index contributed by atoms with van der Waals surface area (Å²) in [7, 11) is 0. The van der Waals surface area contributed by atoms with Crippen LogP contribution in [0.4, 0.5) is 0 Å². The molecule has 0 heterocycles. The summed E-state index contributed by atoms with van der Waals surface area (Å²) in [5, 5.41) is 11.6. The smallest absolute Gasteiger partial charge is 0.305 e. The van der Waals surface area contributed by atoms with Crippen LogP contribution in [0, 0.1) is 11.3 Å². The van der Waals surface area contributed by atoms with E-state index in [9.17, 15) is 9.59 Å². The van der Waals surface area contributed by atoms with E-state index in [0.29, 0.717) is 0 Å². The fraction of sp³-hybridized carbons (Fsp3) is 0.833. The van der Waals surface area contributed by atoms with Gasteiger partial charge in [-0.3, -0.25) is 9.59 Å². The van der Waals surface area contributed by atoms with Crippen molar-refractivity contribution in [3.05, 3.63) is 0 Å². The predicted molar refractivity (Wildman–Crippen MR) is 63.1 cm³/mol. The van der Waals surface area contributed by atoms with Crippen molar-refractivity contribution in [2.75, 3.05) is 0 Å². The molecule has 0 fully saturated rings. The lowest BCUT2D eigenvalue weighted by Gasteiger charge is -2.27. The van der Waals surface area contributed by atoms with E-state index in [1.165, 1.54) is 0 Å². The first-order chi connectivity index (χ1) is 7.20. The maximum absolute atomic E-state index is 11.9. The van der Waals surface area contributed by atoms with Gasteiger partial charge in [0.1, 0.15) is 0 Å². The molecule has 4 nitrogen and oxygen atoms in total. The Morgan fingerprint density at radius 2 is 1.81 bits per heavy atom. The number of aliphatic carboxylic acids is 1. The van der Waals surface area contributed by atoms with E-state index >= 15 is 0 Å². The van der Waals surface area contributed by atoms with Gasteiger partial charge in [0.2, 0.25) is 5.91 Å². The number of hydrogen-bond donors (Lipinski definition) is 2. The Morgan fingerprint density at radius 1 is 1.31 bits per heavy atom. The molecule has 0 aliphatic carbocycles. The van der Waals surface area contributed by atoms with Crippen LogP contribution in [0.3, 0.4) is 0 Å². The molecular formula is C12H23NO3. The molecule has 94 valence electrons. The number of nitrogens with one attached hydrogen (secondary N) is 1. The highest BCUT2D eigenvalue weighted by Crippen LogP contribution is 2.20. The Bertz CT molecular complexity index is 259. The largest absolute Gasteiger partial charge is 0.481 e. The molecule has 0 bridgehead atoms. The average Bonchev–Trinajstić information content (AvgIpc) is 2.15. The van der Waals surface area contributed by atoms with Gasteiger partial charge in [0, 0.05) is 11.5 Å². The Kier molecular flexibility index (Phi) is 5.48. The summed E-state index contributed by atoms with van der Waals surface area (Å²) < 4.78 is 0. The van der Waals surface area contributed by atoms with E-state index in [-0.39, 0.29) is 24.3 Å². The van der Waals surface area contributed by atoms with Crippen molar-refractivity contribution in [1.82, 2.24) is 5.32 Å². The van der Waals surface area contributed by atoms with Gasteiger partial charge in [0.05, 0.1) is 6.42 Å². The van der Waals surface area contributed by atoms with Crippen LogP contribution < -0.4 is 5.32 Å². The zero-order valence-electron chi connectivity index (χ0n) is 10.8. The summed E-state index contributed by atoms with van der Waals surface area (Å²) in [5.74, 6) is -0.837. The minimum absolute atomic E-state index is 0.0246. The first kappa shape index (κ1) is 14.9. The highest BCUT2D eigenvalue weighted by molar-refractivity contribution is 5.82. The van der Waals surface area contributed by atoms with Gasteiger partial charge in [-0.2, -0.15) is 0 Å². The fourth-order valence-corrected chi connectivity index (χ4v) is 1.17. The third-order valence-corrected chi connectivity index (χ3v) is 3.01. The second kappa shape index (κ2) is 5.87. The quantitative estimate of drug-likeness (QED) is 0.732. The van der Waals surface area contributed by atoms with E-state index < -0.39 is 11.4 Å². The van der Waals surface area contributed by atoms with Crippen molar-refractivity contribution in [3.8, 4) is 0 Å². The van der Waals surface area contributed by atoms with Crippen LogP contribution in [0.25, 0.3) is 0 Å². The molecule has 0 aromatic rings.